The molecule has 0 saturated carbocycles. The molecule has 2 atom stereocenters. The van der Waals surface area contributed by atoms with E-state index >= 15 is 0 Å². The van der Waals surface area contributed by atoms with Gasteiger partial charge in [-0.25, -0.2) is 0 Å². The zero-order chi connectivity index (χ0) is 15.3. The smallest absolute Gasteiger partial charge is 0.275 e. The molecule has 0 fully saturated rings. The van der Waals surface area contributed by atoms with E-state index in [1.54, 1.807) is 0 Å². The van der Waals surface area contributed by atoms with Crippen molar-refractivity contribution in [2.45, 2.75) is 25.7 Å². The molecule has 0 saturated heterocycles. The highest BCUT2D eigenvalue weighted by molar-refractivity contribution is 8.13. The van der Waals surface area contributed by atoms with Gasteiger partial charge in [-0.15, -0.1) is 0 Å². The first-order valence-corrected chi connectivity index (χ1v) is 6.73. The van der Waals surface area contributed by atoms with Crippen molar-refractivity contribution in [2.24, 2.45) is 0 Å². The van der Waals surface area contributed by atoms with E-state index in [2.05, 4.69) is 0 Å². The van der Waals surface area contributed by atoms with Crippen LogP contribution in [0.1, 0.15) is 24.2 Å². The summed E-state index contributed by atoms with van der Waals surface area (Å²) in [5.74, 6) is -0.00789. The van der Waals surface area contributed by atoms with Crippen LogP contribution in [0, 0.1) is 10.1 Å². The summed E-state index contributed by atoms with van der Waals surface area (Å²) in [7, 11) is 0. The van der Waals surface area contributed by atoms with E-state index in [1.165, 1.54) is 19.1 Å². The van der Waals surface area contributed by atoms with Crippen LogP contribution in [0.15, 0.2) is 18.2 Å². The fourth-order valence-electron chi connectivity index (χ4n) is 1.58. The minimum absolute atomic E-state index is 0.00789. The van der Waals surface area contributed by atoms with Crippen LogP contribution in [0.5, 0.6) is 0 Å². The maximum atomic E-state index is 10.8. The molecule has 7 nitrogen and oxygen atoms in total. The van der Waals surface area contributed by atoms with Gasteiger partial charge in [-0.05, 0) is 11.6 Å². The van der Waals surface area contributed by atoms with Crippen molar-refractivity contribution in [2.75, 3.05) is 5.75 Å². The minimum atomic E-state index is -1.34. The van der Waals surface area contributed by atoms with Gasteiger partial charge < -0.3 is 15.3 Å². The summed E-state index contributed by atoms with van der Waals surface area (Å²) in [5.41, 5.74) is -0.0421. The van der Waals surface area contributed by atoms with E-state index in [-0.39, 0.29) is 27.7 Å². The van der Waals surface area contributed by atoms with Gasteiger partial charge in [0.25, 0.3) is 5.69 Å². The third-order valence-electron chi connectivity index (χ3n) is 2.64. The van der Waals surface area contributed by atoms with E-state index < -0.39 is 23.7 Å². The maximum Gasteiger partial charge on any atom is 0.275 e. The first-order valence-electron chi connectivity index (χ1n) is 5.74. The van der Waals surface area contributed by atoms with E-state index in [9.17, 15) is 25.1 Å². The number of nitro benzene ring substituents is 1. The summed E-state index contributed by atoms with van der Waals surface area (Å²) in [4.78, 5) is 21.0. The number of hydrogen-bond acceptors (Lipinski definition) is 7. The zero-order valence-electron chi connectivity index (χ0n) is 10.7. The highest BCUT2D eigenvalue weighted by atomic mass is 32.2. The van der Waals surface area contributed by atoms with Gasteiger partial charge in [-0.1, -0.05) is 17.8 Å². The Bertz CT molecular complexity index is 507. The molecular formula is C12H15NO6S. The van der Waals surface area contributed by atoms with Crippen LogP contribution in [0.4, 0.5) is 5.69 Å². The molecule has 110 valence electrons. The maximum absolute atomic E-state index is 10.8. The molecule has 0 amide bonds. The quantitative estimate of drug-likeness (QED) is 0.524. The molecule has 0 aliphatic heterocycles. The molecule has 20 heavy (non-hydrogen) atoms. The number of nitro groups is 1. The summed E-state index contributed by atoms with van der Waals surface area (Å²) >= 11 is 0.858. The van der Waals surface area contributed by atoms with E-state index in [4.69, 9.17) is 5.11 Å². The summed E-state index contributed by atoms with van der Waals surface area (Å²) in [6.45, 7) is 0.847. The largest absolute Gasteiger partial charge is 0.391 e. The van der Waals surface area contributed by atoms with Gasteiger partial charge in [0, 0.05) is 18.7 Å². The molecule has 8 heteroatoms. The molecule has 0 heterocycles. The van der Waals surface area contributed by atoms with Gasteiger partial charge in [-0.2, -0.15) is 0 Å². The Morgan fingerprint density at radius 1 is 1.45 bits per heavy atom. The Hall–Kier alpha value is -1.48. The van der Waals surface area contributed by atoms with Gasteiger partial charge in [-0.3, -0.25) is 14.9 Å². The highest BCUT2D eigenvalue weighted by Gasteiger charge is 2.22. The molecule has 0 bridgehead atoms. The Balaban J connectivity index is 2.93. The SMILES string of the molecule is CC(=O)SCC(O)C(O)c1ccc(CO)c([N+](=O)[O-])c1. The van der Waals surface area contributed by atoms with Crippen LogP contribution >= 0.6 is 11.8 Å². The molecule has 0 spiro atoms. The summed E-state index contributed by atoms with van der Waals surface area (Å²) in [5, 5.41) is 39.3. The van der Waals surface area contributed by atoms with E-state index in [1.807, 2.05) is 0 Å². The zero-order valence-corrected chi connectivity index (χ0v) is 11.5. The van der Waals surface area contributed by atoms with Crippen molar-refractivity contribution in [3.8, 4) is 0 Å². The average Bonchev–Trinajstić information content (AvgIpc) is 2.42. The van der Waals surface area contributed by atoms with Gasteiger partial charge in [0.2, 0.25) is 0 Å². The molecule has 0 aliphatic rings. The average molecular weight is 301 g/mol. The molecular weight excluding hydrogens is 286 g/mol. The van der Waals surface area contributed by atoms with Crippen molar-refractivity contribution in [1.82, 2.24) is 0 Å². The monoisotopic (exact) mass is 301 g/mol. The molecule has 1 rings (SSSR count). The van der Waals surface area contributed by atoms with Crippen LogP contribution in [-0.4, -0.2) is 37.2 Å². The summed E-state index contributed by atoms with van der Waals surface area (Å²) in [6.07, 6.45) is -2.56. The standard InChI is InChI=1S/C12H15NO6S/c1-7(15)20-6-11(16)12(17)8-2-3-9(5-14)10(4-8)13(18)19/h2-4,11-12,14,16-17H,5-6H2,1H3. The predicted molar refractivity (Wildman–Crippen MR) is 73.1 cm³/mol. The van der Waals surface area contributed by atoms with Gasteiger partial charge in [0.15, 0.2) is 5.12 Å². The molecule has 3 N–H and O–H groups in total. The first-order chi connectivity index (χ1) is 9.36. The fourth-order valence-corrected chi connectivity index (χ4v) is 2.17. The number of nitrogens with zero attached hydrogens (tertiary/aromatic N) is 1. The second-order valence-corrected chi connectivity index (χ2v) is 5.32. The lowest BCUT2D eigenvalue weighted by molar-refractivity contribution is -0.386. The van der Waals surface area contributed by atoms with Crippen LogP contribution < -0.4 is 0 Å². The van der Waals surface area contributed by atoms with Crippen LogP contribution in [0.2, 0.25) is 0 Å². The highest BCUT2D eigenvalue weighted by Crippen LogP contribution is 2.26. The van der Waals surface area contributed by atoms with Crippen molar-refractivity contribution in [1.29, 1.82) is 0 Å². The van der Waals surface area contributed by atoms with Crippen molar-refractivity contribution in [3.05, 3.63) is 39.4 Å². The van der Waals surface area contributed by atoms with Crippen molar-refractivity contribution in [3.63, 3.8) is 0 Å². The number of aliphatic hydroxyl groups is 3. The Morgan fingerprint density at radius 3 is 2.60 bits per heavy atom. The third-order valence-corrected chi connectivity index (χ3v) is 3.55. The molecule has 0 radical (unpaired) electrons. The lowest BCUT2D eigenvalue weighted by atomic mass is 10.0. The van der Waals surface area contributed by atoms with E-state index in [0.717, 1.165) is 17.8 Å². The van der Waals surface area contributed by atoms with Crippen LogP contribution in [0.25, 0.3) is 0 Å². The number of carbonyl (C=O) groups is 1. The van der Waals surface area contributed by atoms with Gasteiger partial charge in [0.05, 0.1) is 23.2 Å². The third kappa shape index (κ3) is 4.27. The topological polar surface area (TPSA) is 121 Å². The Morgan fingerprint density at radius 2 is 2.10 bits per heavy atom. The minimum Gasteiger partial charge on any atom is -0.391 e. The lowest BCUT2D eigenvalue weighted by Gasteiger charge is -2.17. The van der Waals surface area contributed by atoms with Gasteiger partial charge >= 0.3 is 0 Å². The second-order valence-electron chi connectivity index (χ2n) is 4.12. The molecule has 0 aliphatic carbocycles. The number of aliphatic hydroxyl groups excluding tert-OH is 3. The normalized spacial score (nSPS) is 13.8. The number of hydrogen-bond donors (Lipinski definition) is 3. The Kier molecular flexibility index (Phi) is 6.08. The summed E-state index contributed by atoms with van der Waals surface area (Å²) < 4.78 is 0. The van der Waals surface area contributed by atoms with E-state index in [0.29, 0.717) is 0 Å². The molecule has 2 unspecified atom stereocenters. The number of carbonyl (C=O) groups excluding carboxylic acids is 1. The fraction of sp³-hybridized carbons (Fsp3) is 0.417. The molecule has 0 aromatic heterocycles. The lowest BCUT2D eigenvalue weighted by Crippen LogP contribution is -2.21. The van der Waals surface area contributed by atoms with Gasteiger partial charge in [0.1, 0.15) is 6.10 Å². The van der Waals surface area contributed by atoms with Crippen LogP contribution in [-0.2, 0) is 11.4 Å². The number of thioether (sulfide) groups is 1. The second kappa shape index (κ2) is 7.34. The number of rotatable bonds is 6. The predicted octanol–water partition coefficient (Wildman–Crippen LogP) is 0.761. The molecule has 1 aromatic rings. The molecule has 1 aromatic carbocycles. The first kappa shape index (κ1) is 16.6. The number of benzene rings is 1. The van der Waals surface area contributed by atoms with Crippen molar-refractivity contribution >= 4 is 22.6 Å². The Labute approximate surface area is 119 Å². The van der Waals surface area contributed by atoms with Crippen LogP contribution in [0.3, 0.4) is 0 Å². The van der Waals surface area contributed by atoms with Crippen molar-refractivity contribution < 1.29 is 25.0 Å². The summed E-state index contributed by atoms with van der Waals surface area (Å²) in [6, 6.07) is 3.82.